The Labute approximate surface area is 347 Å². The summed E-state index contributed by atoms with van der Waals surface area (Å²) in [5.41, 5.74) is 20.4. The molecule has 0 heterocycles. The Kier molecular flexibility index (Phi) is 8.13. The quantitative estimate of drug-likeness (QED) is 0.163. The van der Waals surface area contributed by atoms with E-state index < -0.39 is 5.41 Å². The number of fused-ring (bicyclic) bond motifs is 8. The number of hydrogen-bond acceptors (Lipinski definition) is 1. The van der Waals surface area contributed by atoms with Gasteiger partial charge in [0.1, 0.15) is 0 Å². The first-order valence-corrected chi connectivity index (χ1v) is 20.7. The highest BCUT2D eigenvalue weighted by molar-refractivity contribution is 5.93. The van der Waals surface area contributed by atoms with E-state index >= 15 is 0 Å². The highest BCUT2D eigenvalue weighted by Gasteiger charge is 2.44. The number of rotatable bonds is 6. The molecule has 0 aromatic heterocycles. The second-order valence-electron chi connectivity index (χ2n) is 16.5. The van der Waals surface area contributed by atoms with Gasteiger partial charge in [0.2, 0.25) is 0 Å². The van der Waals surface area contributed by atoms with E-state index in [9.17, 15) is 0 Å². The summed E-state index contributed by atoms with van der Waals surface area (Å²) >= 11 is 0. The van der Waals surface area contributed by atoms with Crippen molar-refractivity contribution in [3.05, 3.63) is 258 Å². The molecule has 9 aromatic carbocycles. The highest BCUT2D eigenvalue weighted by Crippen LogP contribution is 2.56. The van der Waals surface area contributed by atoms with E-state index in [0.717, 1.165) is 17.1 Å². The van der Waals surface area contributed by atoms with E-state index in [-0.39, 0.29) is 5.41 Å². The Balaban J connectivity index is 1.17. The van der Waals surface area contributed by atoms with Crippen LogP contribution in [0.2, 0.25) is 0 Å². The van der Waals surface area contributed by atoms with Crippen LogP contribution in [0.3, 0.4) is 0 Å². The molecular weight excluding hydrogens is 711 g/mol. The van der Waals surface area contributed by atoms with Crippen LogP contribution in [0.15, 0.2) is 224 Å². The minimum atomic E-state index is -0.631. The summed E-state index contributed by atoms with van der Waals surface area (Å²) < 4.78 is 0. The zero-order valence-electron chi connectivity index (χ0n) is 33.3. The molecule has 0 amide bonds. The summed E-state index contributed by atoms with van der Waals surface area (Å²) in [5, 5.41) is 0. The van der Waals surface area contributed by atoms with Crippen molar-refractivity contribution in [2.45, 2.75) is 24.7 Å². The number of nitrogens with zero attached hydrogens (tertiary/aromatic N) is 1. The molecular formula is C58H43N. The van der Waals surface area contributed by atoms with Crippen LogP contribution in [-0.4, -0.2) is 0 Å². The second kappa shape index (κ2) is 13.7. The van der Waals surface area contributed by atoms with Crippen molar-refractivity contribution in [1.82, 2.24) is 0 Å². The summed E-state index contributed by atoms with van der Waals surface area (Å²) in [5.74, 6) is 0. The molecule has 11 rings (SSSR count). The monoisotopic (exact) mass is 753 g/mol. The van der Waals surface area contributed by atoms with Crippen molar-refractivity contribution in [3.63, 3.8) is 0 Å². The Morgan fingerprint density at radius 2 is 0.729 bits per heavy atom. The summed E-state index contributed by atoms with van der Waals surface area (Å²) in [7, 11) is 0. The van der Waals surface area contributed by atoms with E-state index in [2.05, 4.69) is 243 Å². The molecule has 0 aliphatic heterocycles. The van der Waals surface area contributed by atoms with Gasteiger partial charge in [-0.3, -0.25) is 0 Å². The van der Waals surface area contributed by atoms with Gasteiger partial charge in [-0.1, -0.05) is 202 Å². The van der Waals surface area contributed by atoms with Gasteiger partial charge in [0.25, 0.3) is 0 Å². The van der Waals surface area contributed by atoms with Gasteiger partial charge >= 0.3 is 0 Å². The van der Waals surface area contributed by atoms with Gasteiger partial charge < -0.3 is 4.90 Å². The SMILES string of the molecule is CC1(C)c2ccccc2-c2ccc(N(c3ccc(-c4ccccc4)cc3)c3cccc(C4(c5ccccc5)c5ccccc5-c5ccccc5-c5ccccc54)c3)cc21. The average molecular weight is 754 g/mol. The van der Waals surface area contributed by atoms with E-state index in [4.69, 9.17) is 0 Å². The Morgan fingerprint density at radius 3 is 1.36 bits per heavy atom. The van der Waals surface area contributed by atoms with Gasteiger partial charge in [-0.25, -0.2) is 0 Å². The number of anilines is 3. The molecule has 280 valence electrons. The molecule has 0 bridgehead atoms. The summed E-state index contributed by atoms with van der Waals surface area (Å²) in [6, 6.07) is 83.3. The zero-order chi connectivity index (χ0) is 39.6. The normalized spacial score (nSPS) is 13.9. The van der Waals surface area contributed by atoms with Crippen LogP contribution in [0.4, 0.5) is 17.1 Å². The maximum absolute atomic E-state index is 2.46. The maximum atomic E-state index is 2.46. The molecule has 9 aromatic rings. The van der Waals surface area contributed by atoms with Crippen LogP contribution in [0, 0.1) is 0 Å². The average Bonchev–Trinajstić information content (AvgIpc) is 3.46. The third-order valence-electron chi connectivity index (χ3n) is 13.0. The molecule has 1 heteroatoms. The fourth-order valence-corrected chi connectivity index (χ4v) is 10.3. The Hall–Kier alpha value is -7.22. The van der Waals surface area contributed by atoms with Crippen LogP contribution in [0.5, 0.6) is 0 Å². The van der Waals surface area contributed by atoms with E-state index in [1.807, 2.05) is 0 Å². The Bertz CT molecular complexity index is 2940. The van der Waals surface area contributed by atoms with Crippen molar-refractivity contribution in [1.29, 1.82) is 0 Å². The van der Waals surface area contributed by atoms with Crippen LogP contribution in [-0.2, 0) is 10.8 Å². The molecule has 59 heavy (non-hydrogen) atoms. The molecule has 0 fully saturated rings. The lowest BCUT2D eigenvalue weighted by molar-refractivity contribution is 0.660. The highest BCUT2D eigenvalue weighted by atomic mass is 15.1. The van der Waals surface area contributed by atoms with Crippen LogP contribution in [0.1, 0.15) is 47.2 Å². The lowest BCUT2D eigenvalue weighted by atomic mass is 9.63. The maximum Gasteiger partial charge on any atom is 0.0714 e. The van der Waals surface area contributed by atoms with Gasteiger partial charge in [-0.15, -0.1) is 0 Å². The molecule has 0 radical (unpaired) electrons. The topological polar surface area (TPSA) is 3.24 Å². The number of hydrogen-bond donors (Lipinski definition) is 0. The third-order valence-corrected chi connectivity index (χ3v) is 13.0. The molecule has 2 aliphatic carbocycles. The summed E-state index contributed by atoms with van der Waals surface area (Å²) in [6.07, 6.45) is 0. The molecule has 0 atom stereocenters. The molecule has 0 saturated carbocycles. The van der Waals surface area contributed by atoms with Gasteiger partial charge in [0.05, 0.1) is 5.41 Å². The predicted octanol–water partition coefficient (Wildman–Crippen LogP) is 15.2. The first-order chi connectivity index (χ1) is 29.0. The van der Waals surface area contributed by atoms with Crippen LogP contribution in [0.25, 0.3) is 44.5 Å². The van der Waals surface area contributed by atoms with Gasteiger partial charge in [0.15, 0.2) is 0 Å². The molecule has 2 aliphatic rings. The second-order valence-corrected chi connectivity index (χ2v) is 16.5. The fourth-order valence-electron chi connectivity index (χ4n) is 10.3. The van der Waals surface area contributed by atoms with Crippen molar-refractivity contribution in [2.75, 3.05) is 4.90 Å². The van der Waals surface area contributed by atoms with Crippen LogP contribution < -0.4 is 4.90 Å². The molecule has 0 N–H and O–H groups in total. The van der Waals surface area contributed by atoms with E-state index in [1.54, 1.807) is 0 Å². The molecule has 0 unspecified atom stereocenters. The Morgan fingerprint density at radius 1 is 0.288 bits per heavy atom. The standard InChI is InChI=1S/C58H43N/c1-57(2)53-29-14-11-28-51(53)52-37-36-46(39-56(52)57)59(44-34-32-41(33-35-44)40-18-5-3-6-19-40)45-23-17-22-43(38-45)58(42-20-7-4-8-21-42)54-30-15-12-26-49(54)47-24-9-10-25-48(47)50-27-13-16-31-55(50)58/h3-39H,1-2H3. The lowest BCUT2D eigenvalue weighted by Crippen LogP contribution is -2.32. The van der Waals surface area contributed by atoms with Gasteiger partial charge in [0, 0.05) is 22.5 Å². The first kappa shape index (κ1) is 35.0. The summed E-state index contributed by atoms with van der Waals surface area (Å²) in [4.78, 5) is 2.46. The van der Waals surface area contributed by atoms with Crippen molar-refractivity contribution in [3.8, 4) is 44.5 Å². The smallest absolute Gasteiger partial charge is 0.0714 e. The van der Waals surface area contributed by atoms with Crippen molar-refractivity contribution >= 4 is 17.1 Å². The minimum Gasteiger partial charge on any atom is -0.310 e. The predicted molar refractivity (Wildman–Crippen MR) is 247 cm³/mol. The van der Waals surface area contributed by atoms with Crippen molar-refractivity contribution in [2.24, 2.45) is 0 Å². The molecule has 0 saturated heterocycles. The van der Waals surface area contributed by atoms with Crippen molar-refractivity contribution < 1.29 is 0 Å². The third kappa shape index (κ3) is 5.39. The van der Waals surface area contributed by atoms with E-state index in [0.29, 0.717) is 0 Å². The van der Waals surface area contributed by atoms with E-state index in [1.165, 1.54) is 77.9 Å². The molecule has 0 spiro atoms. The van der Waals surface area contributed by atoms with Crippen LogP contribution >= 0.6 is 0 Å². The molecule has 1 nitrogen and oxygen atoms in total. The fraction of sp³-hybridized carbons (Fsp3) is 0.0690. The largest absolute Gasteiger partial charge is 0.310 e. The van der Waals surface area contributed by atoms with Gasteiger partial charge in [-0.2, -0.15) is 0 Å². The lowest BCUT2D eigenvalue weighted by Gasteiger charge is -2.39. The zero-order valence-corrected chi connectivity index (χ0v) is 33.3. The minimum absolute atomic E-state index is 0.132. The first-order valence-electron chi connectivity index (χ1n) is 20.7. The summed E-state index contributed by atoms with van der Waals surface area (Å²) in [6.45, 7) is 4.73. The number of benzene rings is 9. The van der Waals surface area contributed by atoms with Gasteiger partial charge in [-0.05, 0) is 114 Å².